The summed E-state index contributed by atoms with van der Waals surface area (Å²) in [5.41, 5.74) is 1.20. The molecule has 1 nitrogen and oxygen atoms in total. The molecule has 0 saturated heterocycles. The maximum absolute atomic E-state index is 8.60. The van der Waals surface area contributed by atoms with Crippen molar-refractivity contribution in [2.45, 2.75) is 19.3 Å². The number of aliphatic hydroxyl groups excluding tert-OH is 1. The molecule has 0 heterocycles. The van der Waals surface area contributed by atoms with Crippen molar-refractivity contribution < 1.29 is 5.11 Å². The minimum Gasteiger partial charge on any atom is -0.396 e. The first kappa shape index (κ1) is 13.2. The number of rotatable bonds is 6. The van der Waals surface area contributed by atoms with Crippen molar-refractivity contribution >= 4 is 22.0 Å². The van der Waals surface area contributed by atoms with E-state index >= 15 is 0 Å². The average Bonchev–Trinajstić information content (AvgIpc) is 2.30. The van der Waals surface area contributed by atoms with Gasteiger partial charge in [-0.2, -0.15) is 0 Å². The molecule has 16 heavy (non-hydrogen) atoms. The van der Waals surface area contributed by atoms with Gasteiger partial charge in [0.2, 0.25) is 0 Å². The molecule has 0 unspecified atom stereocenters. The van der Waals surface area contributed by atoms with Crippen LogP contribution in [0.5, 0.6) is 0 Å². The molecule has 86 valence electrons. The zero-order valence-electron chi connectivity index (χ0n) is 9.27. The van der Waals surface area contributed by atoms with E-state index in [1.54, 1.807) is 0 Å². The summed E-state index contributed by atoms with van der Waals surface area (Å²) in [6.45, 7) is 0.294. The molecule has 1 aromatic rings. The Morgan fingerprint density at radius 1 is 1.06 bits per heavy atom. The fourth-order valence-electron chi connectivity index (χ4n) is 1.29. The van der Waals surface area contributed by atoms with E-state index in [2.05, 4.69) is 46.3 Å². The van der Waals surface area contributed by atoms with E-state index in [4.69, 9.17) is 5.11 Å². The molecular weight excluding hydrogens is 264 g/mol. The molecule has 0 bridgehead atoms. The molecule has 2 heteroatoms. The Bertz CT molecular complexity index is 338. The molecule has 0 radical (unpaired) electrons. The van der Waals surface area contributed by atoms with Gasteiger partial charge >= 0.3 is 0 Å². The standard InChI is InChI=1S/C14H17BrO/c15-14-10-8-13(9-11-14)7-5-3-1-2-4-6-12-16/h1,3,5,7-11,16H,2,4,6,12H2/b3-1+,7-5+. The summed E-state index contributed by atoms with van der Waals surface area (Å²) >= 11 is 3.40. The Kier molecular flexibility index (Phi) is 6.86. The number of aliphatic hydroxyl groups is 1. The predicted molar refractivity (Wildman–Crippen MR) is 73.3 cm³/mol. The van der Waals surface area contributed by atoms with Crippen LogP contribution in [0.25, 0.3) is 6.08 Å². The van der Waals surface area contributed by atoms with Crippen molar-refractivity contribution in [1.82, 2.24) is 0 Å². The predicted octanol–water partition coefficient (Wildman–Crippen LogP) is 4.18. The van der Waals surface area contributed by atoms with E-state index in [0.29, 0.717) is 6.61 Å². The first-order valence-corrected chi connectivity index (χ1v) is 6.32. The lowest BCUT2D eigenvalue weighted by Crippen LogP contribution is -1.79. The van der Waals surface area contributed by atoms with Crippen LogP contribution >= 0.6 is 15.9 Å². The van der Waals surface area contributed by atoms with Gasteiger partial charge in [0, 0.05) is 11.1 Å². The fraction of sp³-hybridized carbons (Fsp3) is 0.286. The van der Waals surface area contributed by atoms with Crippen molar-refractivity contribution in [1.29, 1.82) is 0 Å². The first-order chi connectivity index (χ1) is 7.83. The van der Waals surface area contributed by atoms with Gasteiger partial charge in [-0.3, -0.25) is 0 Å². The van der Waals surface area contributed by atoms with Gasteiger partial charge in [-0.1, -0.05) is 52.4 Å². The minimum atomic E-state index is 0.294. The molecule has 1 rings (SSSR count). The smallest absolute Gasteiger partial charge is 0.0431 e. The Balaban J connectivity index is 2.28. The Morgan fingerprint density at radius 3 is 2.50 bits per heavy atom. The van der Waals surface area contributed by atoms with Crippen LogP contribution in [0, 0.1) is 0 Å². The Morgan fingerprint density at radius 2 is 1.81 bits per heavy atom. The van der Waals surface area contributed by atoms with E-state index in [1.807, 2.05) is 18.2 Å². The zero-order valence-corrected chi connectivity index (χ0v) is 10.9. The molecule has 1 aromatic carbocycles. The lowest BCUT2D eigenvalue weighted by atomic mass is 10.2. The van der Waals surface area contributed by atoms with Crippen LogP contribution in [0.4, 0.5) is 0 Å². The van der Waals surface area contributed by atoms with Gasteiger partial charge in [0.15, 0.2) is 0 Å². The van der Waals surface area contributed by atoms with Crippen LogP contribution in [0.1, 0.15) is 24.8 Å². The summed E-state index contributed by atoms with van der Waals surface area (Å²) in [4.78, 5) is 0. The highest BCUT2D eigenvalue weighted by atomic mass is 79.9. The van der Waals surface area contributed by atoms with Gasteiger partial charge < -0.3 is 5.11 Å². The highest BCUT2D eigenvalue weighted by molar-refractivity contribution is 9.10. The third kappa shape index (κ3) is 5.89. The number of hydrogen-bond donors (Lipinski definition) is 1. The quantitative estimate of drug-likeness (QED) is 0.612. The third-order valence-corrected chi connectivity index (χ3v) is 2.71. The number of benzene rings is 1. The molecule has 0 aromatic heterocycles. The monoisotopic (exact) mass is 280 g/mol. The lowest BCUT2D eigenvalue weighted by Gasteiger charge is -1.92. The van der Waals surface area contributed by atoms with Crippen molar-refractivity contribution in [3.63, 3.8) is 0 Å². The van der Waals surface area contributed by atoms with Gasteiger partial charge in [-0.05, 0) is 37.0 Å². The number of hydrogen-bond acceptors (Lipinski definition) is 1. The van der Waals surface area contributed by atoms with Crippen LogP contribution in [0.2, 0.25) is 0 Å². The van der Waals surface area contributed by atoms with Gasteiger partial charge in [-0.15, -0.1) is 0 Å². The minimum absolute atomic E-state index is 0.294. The molecule has 0 spiro atoms. The molecule has 0 aliphatic carbocycles. The van der Waals surface area contributed by atoms with Crippen LogP contribution in [-0.2, 0) is 0 Å². The molecule has 0 saturated carbocycles. The van der Waals surface area contributed by atoms with Gasteiger partial charge in [-0.25, -0.2) is 0 Å². The maximum Gasteiger partial charge on any atom is 0.0431 e. The van der Waals surface area contributed by atoms with Crippen molar-refractivity contribution in [2.75, 3.05) is 6.61 Å². The van der Waals surface area contributed by atoms with Crippen molar-refractivity contribution in [2.24, 2.45) is 0 Å². The molecule has 1 N–H and O–H groups in total. The molecule has 0 amide bonds. The SMILES string of the molecule is OCCCC/C=C/C=C/c1ccc(Br)cc1. The normalized spacial score (nSPS) is 11.6. The Hall–Kier alpha value is -0.860. The summed E-state index contributed by atoms with van der Waals surface area (Å²) in [6.07, 6.45) is 11.3. The van der Waals surface area contributed by atoms with Crippen molar-refractivity contribution in [3.8, 4) is 0 Å². The molecule has 0 atom stereocenters. The molecule has 0 fully saturated rings. The molecular formula is C14H17BrO. The second kappa shape index (κ2) is 8.31. The van der Waals surface area contributed by atoms with E-state index < -0.39 is 0 Å². The number of allylic oxidation sites excluding steroid dienone is 3. The van der Waals surface area contributed by atoms with E-state index in [-0.39, 0.29) is 0 Å². The lowest BCUT2D eigenvalue weighted by molar-refractivity contribution is 0.285. The highest BCUT2D eigenvalue weighted by Gasteiger charge is 1.85. The second-order valence-corrected chi connectivity index (χ2v) is 4.47. The molecule has 0 aliphatic heterocycles. The van der Waals surface area contributed by atoms with E-state index in [9.17, 15) is 0 Å². The number of unbranched alkanes of at least 4 members (excludes halogenated alkanes) is 2. The first-order valence-electron chi connectivity index (χ1n) is 5.52. The second-order valence-electron chi connectivity index (χ2n) is 3.56. The zero-order chi connectivity index (χ0) is 11.6. The van der Waals surface area contributed by atoms with E-state index in [0.717, 1.165) is 23.7 Å². The number of halogens is 1. The Labute approximate surface area is 106 Å². The van der Waals surface area contributed by atoms with Crippen LogP contribution < -0.4 is 0 Å². The summed E-state index contributed by atoms with van der Waals surface area (Å²) in [5, 5.41) is 8.60. The van der Waals surface area contributed by atoms with Crippen molar-refractivity contribution in [3.05, 3.63) is 52.5 Å². The summed E-state index contributed by atoms with van der Waals surface area (Å²) < 4.78 is 1.10. The highest BCUT2D eigenvalue weighted by Crippen LogP contribution is 2.11. The van der Waals surface area contributed by atoms with Crippen LogP contribution in [0.3, 0.4) is 0 Å². The largest absolute Gasteiger partial charge is 0.396 e. The molecule has 0 aliphatic rings. The summed E-state index contributed by atoms with van der Waals surface area (Å²) in [6, 6.07) is 8.20. The van der Waals surface area contributed by atoms with Crippen LogP contribution in [-0.4, -0.2) is 11.7 Å². The maximum atomic E-state index is 8.60. The topological polar surface area (TPSA) is 20.2 Å². The average molecular weight is 281 g/mol. The third-order valence-electron chi connectivity index (χ3n) is 2.18. The summed E-state index contributed by atoms with van der Waals surface area (Å²) in [7, 11) is 0. The van der Waals surface area contributed by atoms with Gasteiger partial charge in [0.25, 0.3) is 0 Å². The van der Waals surface area contributed by atoms with E-state index in [1.165, 1.54) is 5.56 Å². The van der Waals surface area contributed by atoms with Gasteiger partial charge in [0.05, 0.1) is 0 Å². The van der Waals surface area contributed by atoms with Crippen LogP contribution in [0.15, 0.2) is 47.0 Å². The van der Waals surface area contributed by atoms with Gasteiger partial charge in [0.1, 0.15) is 0 Å². The summed E-state index contributed by atoms with van der Waals surface area (Å²) in [5.74, 6) is 0. The fourth-order valence-corrected chi connectivity index (χ4v) is 1.55.